The van der Waals surface area contributed by atoms with Crippen LogP contribution in [0.4, 0.5) is 4.79 Å². The third kappa shape index (κ3) is 3.38. The van der Waals surface area contributed by atoms with E-state index in [0.717, 1.165) is 19.5 Å². The average Bonchev–Trinajstić information content (AvgIpc) is 2.76. The molecule has 8 heteroatoms. The molecule has 0 aromatic rings. The van der Waals surface area contributed by atoms with Crippen LogP contribution in [-0.2, 0) is 9.59 Å². The van der Waals surface area contributed by atoms with Gasteiger partial charge in [-0.2, -0.15) is 0 Å². The van der Waals surface area contributed by atoms with E-state index in [1.807, 2.05) is 7.05 Å². The molecule has 0 spiro atoms. The van der Waals surface area contributed by atoms with Crippen molar-refractivity contribution in [1.82, 2.24) is 20.4 Å². The van der Waals surface area contributed by atoms with Crippen LogP contribution in [0, 0.1) is 0 Å². The zero-order valence-electron chi connectivity index (χ0n) is 11.5. The average molecular weight is 284 g/mol. The van der Waals surface area contributed by atoms with E-state index in [2.05, 4.69) is 15.5 Å². The molecule has 3 amide bonds. The van der Waals surface area contributed by atoms with Gasteiger partial charge in [0.1, 0.15) is 6.04 Å². The Kier molecular flexibility index (Phi) is 4.43. The summed E-state index contributed by atoms with van der Waals surface area (Å²) in [6.45, 7) is 2.38. The summed E-state index contributed by atoms with van der Waals surface area (Å²) in [6.07, 6.45) is 0.496. The fraction of sp³-hybridized carbons (Fsp3) is 0.750. The molecular formula is C12H20N4O4. The lowest BCUT2D eigenvalue weighted by atomic mass is 10.1. The number of carboxylic acids is 1. The van der Waals surface area contributed by atoms with Crippen molar-refractivity contribution in [2.24, 2.45) is 0 Å². The summed E-state index contributed by atoms with van der Waals surface area (Å²) in [4.78, 5) is 38.2. The number of amides is 3. The van der Waals surface area contributed by atoms with Crippen molar-refractivity contribution in [3.63, 3.8) is 0 Å². The number of carbonyl (C=O) groups is 3. The predicted molar refractivity (Wildman–Crippen MR) is 70.2 cm³/mol. The molecule has 2 atom stereocenters. The molecule has 3 N–H and O–H groups in total. The Balaban J connectivity index is 1.98. The zero-order valence-corrected chi connectivity index (χ0v) is 11.5. The molecule has 2 aliphatic rings. The second-order valence-electron chi connectivity index (χ2n) is 5.30. The van der Waals surface area contributed by atoms with E-state index in [4.69, 9.17) is 5.11 Å². The quantitative estimate of drug-likeness (QED) is 0.596. The van der Waals surface area contributed by atoms with E-state index in [-0.39, 0.29) is 18.5 Å². The highest BCUT2D eigenvalue weighted by Gasteiger charge is 2.35. The van der Waals surface area contributed by atoms with Gasteiger partial charge in [-0.1, -0.05) is 0 Å². The van der Waals surface area contributed by atoms with Gasteiger partial charge in [-0.25, -0.2) is 4.79 Å². The molecule has 8 nitrogen and oxygen atoms in total. The number of rotatable bonds is 3. The lowest BCUT2D eigenvalue weighted by Gasteiger charge is -2.34. The SMILES string of the molecule is CN1CCC(NC(=O)N2CCNC(=O)C2CC(=O)O)C1. The highest BCUT2D eigenvalue weighted by Crippen LogP contribution is 2.12. The zero-order chi connectivity index (χ0) is 14.7. The van der Waals surface area contributed by atoms with Crippen LogP contribution in [0.25, 0.3) is 0 Å². The highest BCUT2D eigenvalue weighted by atomic mass is 16.4. The van der Waals surface area contributed by atoms with Crippen molar-refractivity contribution >= 4 is 17.9 Å². The number of piperazine rings is 1. The van der Waals surface area contributed by atoms with Gasteiger partial charge in [-0.05, 0) is 20.0 Å². The first-order valence-electron chi connectivity index (χ1n) is 6.72. The number of nitrogens with zero attached hydrogens (tertiary/aromatic N) is 2. The van der Waals surface area contributed by atoms with E-state index in [1.54, 1.807) is 0 Å². The number of carbonyl (C=O) groups excluding carboxylic acids is 2. The van der Waals surface area contributed by atoms with Gasteiger partial charge in [0.25, 0.3) is 0 Å². The van der Waals surface area contributed by atoms with Gasteiger partial charge < -0.3 is 25.5 Å². The van der Waals surface area contributed by atoms with Crippen molar-refractivity contribution in [1.29, 1.82) is 0 Å². The smallest absolute Gasteiger partial charge is 0.318 e. The minimum absolute atomic E-state index is 0.0583. The van der Waals surface area contributed by atoms with Gasteiger partial charge in [-0.15, -0.1) is 0 Å². The molecule has 2 saturated heterocycles. The number of nitrogens with one attached hydrogen (secondary N) is 2. The summed E-state index contributed by atoms with van der Waals surface area (Å²) >= 11 is 0. The van der Waals surface area contributed by atoms with E-state index >= 15 is 0 Å². The molecule has 2 aliphatic heterocycles. The number of likely N-dealkylation sites (N-methyl/N-ethyl adjacent to an activating group) is 1. The van der Waals surface area contributed by atoms with Crippen LogP contribution in [0.3, 0.4) is 0 Å². The summed E-state index contributed by atoms with van der Waals surface area (Å²) in [5, 5.41) is 14.3. The lowest BCUT2D eigenvalue weighted by molar-refractivity contribution is -0.142. The number of hydrogen-bond acceptors (Lipinski definition) is 4. The van der Waals surface area contributed by atoms with Gasteiger partial charge in [-0.3, -0.25) is 9.59 Å². The maximum atomic E-state index is 12.2. The van der Waals surface area contributed by atoms with Crippen LogP contribution in [0.1, 0.15) is 12.8 Å². The van der Waals surface area contributed by atoms with Crippen LogP contribution >= 0.6 is 0 Å². The van der Waals surface area contributed by atoms with Crippen LogP contribution in [-0.4, -0.2) is 78.1 Å². The number of urea groups is 1. The van der Waals surface area contributed by atoms with Gasteiger partial charge in [0.2, 0.25) is 5.91 Å². The molecule has 0 saturated carbocycles. The van der Waals surface area contributed by atoms with Crippen LogP contribution in [0.2, 0.25) is 0 Å². The Labute approximate surface area is 117 Å². The molecule has 0 aromatic carbocycles. The van der Waals surface area contributed by atoms with E-state index in [1.165, 1.54) is 4.90 Å². The van der Waals surface area contributed by atoms with Crippen LogP contribution in [0.15, 0.2) is 0 Å². The number of likely N-dealkylation sites (tertiary alicyclic amines) is 1. The summed E-state index contributed by atoms with van der Waals surface area (Å²) in [7, 11) is 1.98. The van der Waals surface area contributed by atoms with Crippen molar-refractivity contribution < 1.29 is 19.5 Å². The van der Waals surface area contributed by atoms with Gasteiger partial charge in [0.15, 0.2) is 0 Å². The second-order valence-corrected chi connectivity index (χ2v) is 5.30. The molecule has 0 aliphatic carbocycles. The Hall–Kier alpha value is -1.83. The molecule has 2 rings (SSSR count). The van der Waals surface area contributed by atoms with Crippen LogP contribution in [0.5, 0.6) is 0 Å². The van der Waals surface area contributed by atoms with Gasteiger partial charge >= 0.3 is 12.0 Å². The van der Waals surface area contributed by atoms with Crippen molar-refractivity contribution in [2.45, 2.75) is 24.9 Å². The van der Waals surface area contributed by atoms with Gasteiger partial charge in [0, 0.05) is 25.7 Å². The summed E-state index contributed by atoms with van der Waals surface area (Å²) < 4.78 is 0. The Morgan fingerprint density at radius 1 is 1.45 bits per heavy atom. The van der Waals surface area contributed by atoms with Gasteiger partial charge in [0.05, 0.1) is 6.42 Å². The van der Waals surface area contributed by atoms with E-state index < -0.39 is 17.9 Å². The third-order valence-corrected chi connectivity index (χ3v) is 3.68. The Bertz CT molecular complexity index is 414. The predicted octanol–water partition coefficient (Wildman–Crippen LogP) is -1.32. The second kappa shape index (κ2) is 6.08. The minimum Gasteiger partial charge on any atom is -0.481 e. The normalized spacial score (nSPS) is 27.2. The van der Waals surface area contributed by atoms with Crippen molar-refractivity contribution in [3.8, 4) is 0 Å². The topological polar surface area (TPSA) is 102 Å². The molecule has 0 bridgehead atoms. The van der Waals surface area contributed by atoms with Crippen molar-refractivity contribution in [2.75, 3.05) is 33.2 Å². The first-order chi connectivity index (χ1) is 9.47. The minimum atomic E-state index is -1.09. The molecular weight excluding hydrogens is 264 g/mol. The highest BCUT2D eigenvalue weighted by molar-refractivity contribution is 5.91. The molecule has 20 heavy (non-hydrogen) atoms. The Morgan fingerprint density at radius 3 is 2.80 bits per heavy atom. The number of hydrogen-bond donors (Lipinski definition) is 3. The fourth-order valence-corrected chi connectivity index (χ4v) is 2.64. The molecule has 0 aromatic heterocycles. The van der Waals surface area contributed by atoms with E-state index in [9.17, 15) is 14.4 Å². The summed E-state index contributed by atoms with van der Waals surface area (Å²) in [5.41, 5.74) is 0. The first-order valence-corrected chi connectivity index (χ1v) is 6.72. The van der Waals surface area contributed by atoms with Crippen LogP contribution < -0.4 is 10.6 Å². The number of carboxylic acid groups (broad SMARTS) is 1. The third-order valence-electron chi connectivity index (χ3n) is 3.68. The number of aliphatic carboxylic acids is 1. The fourth-order valence-electron chi connectivity index (χ4n) is 2.64. The summed E-state index contributed by atoms with van der Waals surface area (Å²) in [6, 6.07) is -1.23. The maximum Gasteiger partial charge on any atom is 0.318 e. The standard InChI is InChI=1S/C12H20N4O4/c1-15-4-2-8(7-15)14-12(20)16-5-3-13-11(19)9(16)6-10(17)18/h8-9H,2-7H2,1H3,(H,13,19)(H,14,20)(H,17,18). The summed E-state index contributed by atoms with van der Waals surface area (Å²) in [5.74, 6) is -1.50. The lowest BCUT2D eigenvalue weighted by Crippen LogP contribution is -2.61. The molecule has 2 unspecified atom stereocenters. The largest absolute Gasteiger partial charge is 0.481 e. The van der Waals surface area contributed by atoms with Crippen molar-refractivity contribution in [3.05, 3.63) is 0 Å². The molecule has 2 heterocycles. The first kappa shape index (κ1) is 14.6. The molecule has 0 radical (unpaired) electrons. The van der Waals surface area contributed by atoms with E-state index in [0.29, 0.717) is 13.1 Å². The Morgan fingerprint density at radius 2 is 2.20 bits per heavy atom. The maximum absolute atomic E-state index is 12.2. The molecule has 2 fully saturated rings. The molecule has 112 valence electrons. The monoisotopic (exact) mass is 284 g/mol.